The van der Waals surface area contributed by atoms with E-state index in [1.807, 2.05) is 13.0 Å². The number of anilines is 1. The lowest BCUT2D eigenvalue weighted by Crippen LogP contribution is -2.32. The molecule has 1 fully saturated rings. The number of oxazole rings is 1. The fourth-order valence-corrected chi connectivity index (χ4v) is 2.48. The predicted molar refractivity (Wildman–Crippen MR) is 71.3 cm³/mol. The minimum Gasteiger partial charge on any atom is -0.408 e. The summed E-state index contributed by atoms with van der Waals surface area (Å²) in [5, 5.41) is 3.27. The quantitative estimate of drug-likeness (QED) is 0.858. The SMILES string of the molecule is CCNC1CC(=O)N(c2ccc3[nH]c(=O)oc3c2)C1. The molecule has 1 saturated heterocycles. The van der Waals surface area contributed by atoms with Crippen LogP contribution < -0.4 is 16.0 Å². The third kappa shape index (κ3) is 2.15. The number of fused-ring (bicyclic) bond motifs is 1. The molecule has 1 aromatic carbocycles. The highest BCUT2D eigenvalue weighted by molar-refractivity contribution is 5.97. The van der Waals surface area contributed by atoms with Crippen molar-refractivity contribution in [3.8, 4) is 0 Å². The first-order chi connectivity index (χ1) is 9.17. The van der Waals surface area contributed by atoms with Crippen molar-refractivity contribution in [3.05, 3.63) is 28.7 Å². The van der Waals surface area contributed by atoms with Gasteiger partial charge in [0.1, 0.15) is 0 Å². The van der Waals surface area contributed by atoms with Crippen molar-refractivity contribution >= 4 is 22.7 Å². The third-order valence-corrected chi connectivity index (χ3v) is 3.33. The molecule has 1 atom stereocenters. The number of nitrogens with one attached hydrogen (secondary N) is 2. The zero-order valence-corrected chi connectivity index (χ0v) is 10.6. The number of nitrogens with zero attached hydrogens (tertiary/aromatic N) is 1. The molecule has 19 heavy (non-hydrogen) atoms. The Kier molecular flexibility index (Phi) is 2.87. The fourth-order valence-electron chi connectivity index (χ4n) is 2.48. The van der Waals surface area contributed by atoms with Gasteiger partial charge in [-0.25, -0.2) is 4.79 Å². The average Bonchev–Trinajstić information content (AvgIpc) is 2.90. The van der Waals surface area contributed by atoms with Crippen LogP contribution in [0.5, 0.6) is 0 Å². The van der Waals surface area contributed by atoms with Crippen LogP contribution >= 0.6 is 0 Å². The van der Waals surface area contributed by atoms with Crippen LogP contribution in [0.1, 0.15) is 13.3 Å². The summed E-state index contributed by atoms with van der Waals surface area (Å²) < 4.78 is 5.01. The first kappa shape index (κ1) is 12.0. The lowest BCUT2D eigenvalue weighted by atomic mass is 10.2. The maximum atomic E-state index is 12.0. The van der Waals surface area contributed by atoms with Crippen LogP contribution in [-0.2, 0) is 4.79 Å². The van der Waals surface area contributed by atoms with Crippen LogP contribution in [0.3, 0.4) is 0 Å². The van der Waals surface area contributed by atoms with Crippen LogP contribution in [0.15, 0.2) is 27.4 Å². The number of hydrogen-bond acceptors (Lipinski definition) is 4. The maximum Gasteiger partial charge on any atom is 0.417 e. The Balaban J connectivity index is 1.91. The molecule has 1 unspecified atom stereocenters. The molecule has 2 aromatic rings. The van der Waals surface area contributed by atoms with E-state index < -0.39 is 5.76 Å². The predicted octanol–water partition coefficient (Wildman–Crippen LogP) is 0.836. The smallest absolute Gasteiger partial charge is 0.408 e. The molecule has 1 amide bonds. The van der Waals surface area contributed by atoms with E-state index in [4.69, 9.17) is 4.42 Å². The minimum absolute atomic E-state index is 0.0863. The van der Waals surface area contributed by atoms with E-state index >= 15 is 0 Å². The molecule has 6 nitrogen and oxygen atoms in total. The Hall–Kier alpha value is -2.08. The van der Waals surface area contributed by atoms with Gasteiger partial charge in [0, 0.05) is 30.8 Å². The topological polar surface area (TPSA) is 78.3 Å². The van der Waals surface area contributed by atoms with E-state index in [1.165, 1.54) is 0 Å². The van der Waals surface area contributed by atoms with E-state index in [0.717, 1.165) is 12.2 Å². The van der Waals surface area contributed by atoms with Gasteiger partial charge in [0.05, 0.1) is 5.52 Å². The molecule has 0 saturated carbocycles. The largest absolute Gasteiger partial charge is 0.417 e. The molecule has 0 spiro atoms. The molecule has 3 rings (SSSR count). The highest BCUT2D eigenvalue weighted by atomic mass is 16.4. The molecule has 2 N–H and O–H groups in total. The van der Waals surface area contributed by atoms with E-state index in [0.29, 0.717) is 24.1 Å². The first-order valence-electron chi connectivity index (χ1n) is 6.34. The summed E-state index contributed by atoms with van der Waals surface area (Å²) in [5.74, 6) is -0.395. The molecule has 1 aliphatic heterocycles. The molecule has 1 aliphatic rings. The number of likely N-dealkylation sites (N-methyl/N-ethyl adjacent to an activating group) is 1. The molecule has 0 bridgehead atoms. The third-order valence-electron chi connectivity index (χ3n) is 3.33. The van der Waals surface area contributed by atoms with Gasteiger partial charge in [0.2, 0.25) is 5.91 Å². The first-order valence-corrected chi connectivity index (χ1v) is 6.34. The van der Waals surface area contributed by atoms with Crippen molar-refractivity contribution in [1.82, 2.24) is 10.3 Å². The van der Waals surface area contributed by atoms with E-state index in [9.17, 15) is 9.59 Å². The summed E-state index contributed by atoms with van der Waals surface area (Å²) >= 11 is 0. The molecule has 1 aromatic heterocycles. The van der Waals surface area contributed by atoms with Crippen molar-refractivity contribution in [2.45, 2.75) is 19.4 Å². The van der Waals surface area contributed by atoms with Crippen LogP contribution in [0, 0.1) is 0 Å². The van der Waals surface area contributed by atoms with Gasteiger partial charge < -0.3 is 14.6 Å². The lowest BCUT2D eigenvalue weighted by molar-refractivity contribution is -0.117. The van der Waals surface area contributed by atoms with Gasteiger partial charge in [-0.2, -0.15) is 0 Å². The van der Waals surface area contributed by atoms with Crippen LogP contribution in [0.4, 0.5) is 5.69 Å². The highest BCUT2D eigenvalue weighted by Gasteiger charge is 2.30. The number of amides is 1. The summed E-state index contributed by atoms with van der Waals surface area (Å²) in [6, 6.07) is 5.48. The molecular formula is C13H15N3O3. The summed E-state index contributed by atoms with van der Waals surface area (Å²) in [6.45, 7) is 3.51. The maximum absolute atomic E-state index is 12.0. The number of rotatable bonds is 3. The van der Waals surface area contributed by atoms with Crippen molar-refractivity contribution < 1.29 is 9.21 Å². The van der Waals surface area contributed by atoms with Crippen LogP contribution in [0.25, 0.3) is 11.1 Å². The molecule has 2 heterocycles. The molecule has 6 heteroatoms. The number of H-pyrrole nitrogens is 1. The van der Waals surface area contributed by atoms with E-state index in [-0.39, 0.29) is 11.9 Å². The number of carbonyl (C=O) groups excluding carboxylic acids is 1. The highest BCUT2D eigenvalue weighted by Crippen LogP contribution is 2.24. The van der Waals surface area contributed by atoms with Crippen molar-refractivity contribution in [1.29, 1.82) is 0 Å². The van der Waals surface area contributed by atoms with Crippen LogP contribution in [-0.4, -0.2) is 30.0 Å². The number of aromatic nitrogens is 1. The van der Waals surface area contributed by atoms with Gasteiger partial charge in [-0.05, 0) is 18.7 Å². The monoisotopic (exact) mass is 261 g/mol. The molecule has 0 radical (unpaired) electrons. The summed E-state index contributed by atoms with van der Waals surface area (Å²) in [7, 11) is 0. The Morgan fingerprint density at radius 3 is 3.11 bits per heavy atom. The summed E-state index contributed by atoms with van der Waals surface area (Å²) in [5.41, 5.74) is 1.88. The molecule has 0 aliphatic carbocycles. The second-order valence-corrected chi connectivity index (χ2v) is 4.66. The Morgan fingerprint density at radius 1 is 1.47 bits per heavy atom. The minimum atomic E-state index is -0.481. The van der Waals surface area contributed by atoms with Crippen LogP contribution in [0.2, 0.25) is 0 Å². The van der Waals surface area contributed by atoms with Gasteiger partial charge in [-0.15, -0.1) is 0 Å². The lowest BCUT2D eigenvalue weighted by Gasteiger charge is -2.16. The van der Waals surface area contributed by atoms with Gasteiger partial charge in [-0.3, -0.25) is 9.78 Å². The second kappa shape index (κ2) is 4.55. The zero-order valence-electron chi connectivity index (χ0n) is 10.6. The Morgan fingerprint density at radius 2 is 2.32 bits per heavy atom. The normalized spacial score (nSPS) is 19.5. The standard InChI is InChI=1S/C13H15N3O3/c1-2-14-8-5-12(17)16(7-8)9-3-4-10-11(6-9)19-13(18)15-10/h3-4,6,8,14H,2,5,7H2,1H3,(H,15,18). The fraction of sp³-hybridized carbons (Fsp3) is 0.385. The number of hydrogen-bond donors (Lipinski definition) is 2. The average molecular weight is 261 g/mol. The van der Waals surface area contributed by atoms with Gasteiger partial charge in [-0.1, -0.05) is 6.92 Å². The summed E-state index contributed by atoms with van der Waals surface area (Å²) in [6.07, 6.45) is 0.503. The second-order valence-electron chi connectivity index (χ2n) is 4.66. The van der Waals surface area contributed by atoms with Crippen molar-refractivity contribution in [2.24, 2.45) is 0 Å². The molecular weight excluding hydrogens is 246 g/mol. The number of carbonyl (C=O) groups is 1. The van der Waals surface area contributed by atoms with Crippen molar-refractivity contribution in [2.75, 3.05) is 18.0 Å². The van der Waals surface area contributed by atoms with Gasteiger partial charge in [0.15, 0.2) is 5.58 Å². The van der Waals surface area contributed by atoms with Gasteiger partial charge in [0.25, 0.3) is 0 Å². The van der Waals surface area contributed by atoms with E-state index in [2.05, 4.69) is 10.3 Å². The van der Waals surface area contributed by atoms with Gasteiger partial charge >= 0.3 is 5.76 Å². The summed E-state index contributed by atoms with van der Waals surface area (Å²) in [4.78, 5) is 27.4. The van der Waals surface area contributed by atoms with Crippen molar-refractivity contribution in [3.63, 3.8) is 0 Å². The molecule has 100 valence electrons. The number of aromatic amines is 1. The Labute approximate surface area is 109 Å². The number of benzene rings is 1. The zero-order chi connectivity index (χ0) is 13.4. The van der Waals surface area contributed by atoms with E-state index in [1.54, 1.807) is 17.0 Å². The Bertz CT molecular complexity index is 673.